The van der Waals surface area contributed by atoms with E-state index in [1.807, 2.05) is 0 Å². The van der Waals surface area contributed by atoms with Gasteiger partial charge in [-0.3, -0.25) is 9.48 Å². The summed E-state index contributed by atoms with van der Waals surface area (Å²) in [7, 11) is -3.64. The molecule has 0 unspecified atom stereocenters. The number of halogens is 4. The van der Waals surface area contributed by atoms with E-state index in [1.165, 1.54) is 19.2 Å². The van der Waals surface area contributed by atoms with E-state index in [9.17, 15) is 30.8 Å². The summed E-state index contributed by atoms with van der Waals surface area (Å²) >= 11 is 0. The number of alkyl halides is 4. The summed E-state index contributed by atoms with van der Waals surface area (Å²) in [6.07, 6.45) is 1.29. The Balaban J connectivity index is 1.99. The predicted molar refractivity (Wildman–Crippen MR) is 104 cm³/mol. The molecule has 1 saturated carbocycles. The van der Waals surface area contributed by atoms with Gasteiger partial charge in [-0.05, 0) is 31.9 Å². The fraction of sp³-hybridized carbons (Fsp3) is 0.526. The van der Waals surface area contributed by atoms with E-state index < -0.39 is 58.1 Å². The Bertz CT molecular complexity index is 1120. The molecule has 7 nitrogen and oxygen atoms in total. The van der Waals surface area contributed by atoms with E-state index in [-0.39, 0.29) is 22.0 Å². The Morgan fingerprint density at radius 3 is 2.48 bits per heavy atom. The summed E-state index contributed by atoms with van der Waals surface area (Å²) in [5.41, 5.74) is -0.820. The molecule has 1 N–H and O–H groups in total. The van der Waals surface area contributed by atoms with E-state index in [0.29, 0.717) is 6.92 Å². The van der Waals surface area contributed by atoms with Crippen molar-refractivity contribution in [1.82, 2.24) is 14.8 Å². The molecule has 0 bridgehead atoms. The Morgan fingerprint density at radius 2 is 1.97 bits per heavy atom. The number of aromatic nitrogens is 3. The number of hydrogen-bond donors (Lipinski definition) is 1. The molecule has 1 atom stereocenters. The third-order valence-corrected chi connectivity index (χ3v) is 6.32. The minimum absolute atomic E-state index is 0.0830. The van der Waals surface area contributed by atoms with Crippen LogP contribution >= 0.6 is 0 Å². The van der Waals surface area contributed by atoms with Crippen LogP contribution in [0.1, 0.15) is 54.5 Å². The fourth-order valence-electron chi connectivity index (χ4n) is 3.63. The number of anilines is 1. The first-order valence-corrected chi connectivity index (χ1v) is 11.3. The van der Waals surface area contributed by atoms with E-state index in [4.69, 9.17) is 0 Å². The third-order valence-electron chi connectivity index (χ3n) is 5.34. The lowest BCUT2D eigenvalue weighted by Crippen LogP contribution is -2.40. The second kappa shape index (κ2) is 7.57. The standard InChI is InChI=1S/C19H22F4N4O3S/c1-10-15(17(28)25-13-5-6-24-14(7-13)31(4,29)30)27(26-16(10)18(3,20)21)11(2)12-8-19(22,23)9-12/h5-7,11-12H,8-9H2,1-4H3,(H,24,25,28)/t11-/m1/s1. The van der Waals surface area contributed by atoms with Crippen molar-refractivity contribution >= 4 is 21.4 Å². The number of pyridine rings is 1. The highest BCUT2D eigenvalue weighted by molar-refractivity contribution is 7.90. The number of amides is 1. The molecule has 1 fully saturated rings. The monoisotopic (exact) mass is 462 g/mol. The predicted octanol–water partition coefficient (Wildman–Crippen LogP) is 3.96. The van der Waals surface area contributed by atoms with Crippen molar-refractivity contribution in [3.05, 3.63) is 35.3 Å². The van der Waals surface area contributed by atoms with Crippen LogP contribution in [0.15, 0.2) is 23.4 Å². The number of carbonyl (C=O) groups is 1. The fourth-order valence-corrected chi connectivity index (χ4v) is 4.22. The SMILES string of the molecule is Cc1c(C(C)(F)F)nn([C@H](C)C2CC(F)(F)C2)c1C(=O)Nc1ccnc(S(C)(=O)=O)c1. The Kier molecular flexibility index (Phi) is 5.66. The summed E-state index contributed by atoms with van der Waals surface area (Å²) in [4.78, 5) is 16.7. The molecule has 0 spiro atoms. The van der Waals surface area contributed by atoms with Crippen LogP contribution in [0.3, 0.4) is 0 Å². The highest BCUT2D eigenvalue weighted by Gasteiger charge is 2.49. The van der Waals surface area contributed by atoms with Crippen LogP contribution in [-0.2, 0) is 15.8 Å². The highest BCUT2D eigenvalue weighted by Crippen LogP contribution is 2.48. The van der Waals surface area contributed by atoms with Gasteiger partial charge in [0.1, 0.15) is 11.4 Å². The molecule has 1 aliphatic rings. The van der Waals surface area contributed by atoms with Gasteiger partial charge in [0.05, 0.1) is 6.04 Å². The third kappa shape index (κ3) is 4.73. The average Bonchev–Trinajstić information content (AvgIpc) is 2.96. The summed E-state index contributed by atoms with van der Waals surface area (Å²) in [6.45, 7) is 3.49. The van der Waals surface area contributed by atoms with Gasteiger partial charge < -0.3 is 5.32 Å². The van der Waals surface area contributed by atoms with E-state index in [2.05, 4.69) is 15.4 Å². The maximum atomic E-state index is 14.1. The number of nitrogens with zero attached hydrogens (tertiary/aromatic N) is 3. The largest absolute Gasteiger partial charge is 0.321 e. The second-order valence-corrected chi connectivity index (χ2v) is 9.99. The summed E-state index contributed by atoms with van der Waals surface area (Å²) in [5.74, 6) is -7.52. The molecular weight excluding hydrogens is 440 g/mol. The van der Waals surface area contributed by atoms with E-state index in [0.717, 1.165) is 17.0 Å². The Hall–Kier alpha value is -2.50. The zero-order valence-corrected chi connectivity index (χ0v) is 18.1. The number of carbonyl (C=O) groups excluding carboxylic acids is 1. The second-order valence-electron chi connectivity index (χ2n) is 8.03. The van der Waals surface area contributed by atoms with Crippen LogP contribution < -0.4 is 5.32 Å². The number of hydrogen-bond acceptors (Lipinski definition) is 5. The van der Waals surface area contributed by atoms with Gasteiger partial charge in [0.25, 0.3) is 11.8 Å². The van der Waals surface area contributed by atoms with E-state index in [1.54, 1.807) is 6.92 Å². The van der Waals surface area contributed by atoms with Crippen LogP contribution in [-0.4, -0.2) is 41.3 Å². The molecular formula is C19H22F4N4O3S. The molecule has 0 aromatic carbocycles. The van der Waals surface area contributed by atoms with Crippen LogP contribution in [0.5, 0.6) is 0 Å². The molecule has 12 heteroatoms. The summed E-state index contributed by atoms with van der Waals surface area (Å²) in [6, 6.07) is 1.75. The van der Waals surface area contributed by atoms with Crippen molar-refractivity contribution in [3.63, 3.8) is 0 Å². The van der Waals surface area contributed by atoms with Gasteiger partial charge in [-0.15, -0.1) is 0 Å². The first-order chi connectivity index (χ1) is 14.1. The Labute approximate surface area is 176 Å². The van der Waals surface area contributed by atoms with Gasteiger partial charge in [-0.2, -0.15) is 13.9 Å². The minimum Gasteiger partial charge on any atom is -0.321 e. The molecule has 31 heavy (non-hydrogen) atoms. The first-order valence-electron chi connectivity index (χ1n) is 9.43. The molecule has 2 aromatic heterocycles. The van der Waals surface area contributed by atoms with Crippen LogP contribution in [0.2, 0.25) is 0 Å². The maximum absolute atomic E-state index is 14.1. The van der Waals surface area contributed by atoms with Gasteiger partial charge in [-0.25, -0.2) is 22.2 Å². The summed E-state index contributed by atoms with van der Waals surface area (Å²) < 4.78 is 79.2. The van der Waals surface area contributed by atoms with Crippen molar-refractivity contribution in [3.8, 4) is 0 Å². The highest BCUT2D eigenvalue weighted by atomic mass is 32.2. The zero-order valence-electron chi connectivity index (χ0n) is 17.3. The van der Waals surface area contributed by atoms with Crippen molar-refractivity contribution in [2.45, 2.75) is 56.5 Å². The molecule has 0 aliphatic heterocycles. The quantitative estimate of drug-likeness (QED) is 0.656. The zero-order chi connectivity index (χ0) is 23.4. The molecule has 2 heterocycles. The average molecular weight is 462 g/mol. The molecule has 0 radical (unpaired) electrons. The molecule has 1 aliphatic carbocycles. The normalized spacial score (nSPS) is 17.8. The van der Waals surface area contributed by atoms with Crippen molar-refractivity contribution < 1.29 is 30.8 Å². The molecule has 170 valence electrons. The molecule has 2 aromatic rings. The van der Waals surface area contributed by atoms with E-state index >= 15 is 0 Å². The molecule has 0 saturated heterocycles. The molecule has 3 rings (SSSR count). The van der Waals surface area contributed by atoms with Crippen LogP contribution in [0.25, 0.3) is 0 Å². The number of sulfone groups is 1. The number of rotatable bonds is 6. The topological polar surface area (TPSA) is 93.9 Å². The Morgan fingerprint density at radius 1 is 1.35 bits per heavy atom. The summed E-state index contributed by atoms with van der Waals surface area (Å²) in [5, 5.41) is 6.09. The van der Waals surface area contributed by atoms with Crippen LogP contribution in [0.4, 0.5) is 23.2 Å². The smallest absolute Gasteiger partial charge is 0.289 e. The number of nitrogens with one attached hydrogen (secondary N) is 1. The molecule has 1 amide bonds. The van der Waals surface area contributed by atoms with Gasteiger partial charge in [0.15, 0.2) is 14.9 Å². The lowest BCUT2D eigenvalue weighted by atomic mass is 9.77. The van der Waals surface area contributed by atoms with Gasteiger partial charge in [-0.1, -0.05) is 0 Å². The lowest BCUT2D eigenvalue weighted by Gasteiger charge is -2.39. The van der Waals surface area contributed by atoms with Crippen molar-refractivity contribution in [1.29, 1.82) is 0 Å². The van der Waals surface area contributed by atoms with Crippen molar-refractivity contribution in [2.24, 2.45) is 5.92 Å². The maximum Gasteiger partial charge on any atom is 0.289 e. The van der Waals surface area contributed by atoms with Gasteiger partial charge in [0, 0.05) is 43.5 Å². The van der Waals surface area contributed by atoms with Gasteiger partial charge in [0.2, 0.25) is 5.92 Å². The van der Waals surface area contributed by atoms with Crippen LogP contribution in [0, 0.1) is 12.8 Å². The van der Waals surface area contributed by atoms with Gasteiger partial charge >= 0.3 is 0 Å². The minimum atomic E-state index is -3.64. The lowest BCUT2D eigenvalue weighted by molar-refractivity contribution is -0.123. The van der Waals surface area contributed by atoms with Crippen molar-refractivity contribution in [2.75, 3.05) is 11.6 Å². The first kappa shape index (κ1) is 23.2.